The van der Waals surface area contributed by atoms with Gasteiger partial charge >= 0.3 is 0 Å². The van der Waals surface area contributed by atoms with Crippen LogP contribution < -0.4 is 20.4 Å². The van der Waals surface area contributed by atoms with E-state index < -0.39 is 34.5 Å². The summed E-state index contributed by atoms with van der Waals surface area (Å²) in [6, 6.07) is 25.2. The number of anilines is 1. The molecule has 2 bridgehead atoms. The van der Waals surface area contributed by atoms with Gasteiger partial charge in [0, 0.05) is 19.0 Å². The second-order valence-corrected chi connectivity index (χ2v) is 19.7. The Balaban J connectivity index is 1.07. The Bertz CT molecular complexity index is 1910. The summed E-state index contributed by atoms with van der Waals surface area (Å²) in [5, 5.41) is 14.6. The monoisotopic (exact) mass is 741 g/mol. The minimum Gasteiger partial charge on any atom is -0.475 e. The lowest BCUT2D eigenvalue weighted by Gasteiger charge is -2.32. The van der Waals surface area contributed by atoms with Crippen LogP contribution in [0.2, 0.25) is 12.6 Å². The van der Waals surface area contributed by atoms with Crippen molar-refractivity contribution in [2.45, 2.75) is 94.7 Å². The average molecular weight is 742 g/mol. The highest BCUT2D eigenvalue weighted by atomic mass is 31.2. The summed E-state index contributed by atoms with van der Waals surface area (Å²) in [4.78, 5) is 26.0. The fraction of sp³-hybridized carbons (Fsp3) is 0.486. The zero-order chi connectivity index (χ0) is 35.9. The van der Waals surface area contributed by atoms with Gasteiger partial charge in [-0.25, -0.2) is 9.65 Å². The number of aromatic nitrogens is 4. The summed E-state index contributed by atoms with van der Waals surface area (Å²) in [7, 11) is -3.53. The summed E-state index contributed by atoms with van der Waals surface area (Å²) < 4.78 is 37.6. The Labute approximate surface area is 305 Å². The Morgan fingerprint density at radius 3 is 2.58 bits per heavy atom. The summed E-state index contributed by atoms with van der Waals surface area (Å²) in [5.41, 5.74) is 0.131. The number of ether oxygens (including phenoxy) is 3. The highest BCUT2D eigenvalue weighted by Crippen LogP contribution is 2.61. The van der Waals surface area contributed by atoms with E-state index in [0.717, 1.165) is 25.4 Å². The van der Waals surface area contributed by atoms with E-state index in [-0.39, 0.29) is 49.4 Å². The lowest BCUT2D eigenvalue weighted by Crippen LogP contribution is -2.58. The molecule has 0 spiro atoms. The predicted octanol–water partition coefficient (Wildman–Crippen LogP) is 4.91. The fourth-order valence-corrected chi connectivity index (χ4v) is 14.1. The maximum absolute atomic E-state index is 12.3. The van der Waals surface area contributed by atoms with E-state index in [0.29, 0.717) is 30.2 Å². The first-order chi connectivity index (χ1) is 25.4. The number of fused-ring (bicyclic) bond motifs is 4. The van der Waals surface area contributed by atoms with Crippen molar-refractivity contribution in [2.24, 2.45) is 0 Å². The number of rotatable bonds is 13. The van der Waals surface area contributed by atoms with Crippen LogP contribution in [-0.2, 0) is 23.3 Å². The number of carbonyl (C=O) groups excluding carboxylic acids is 1. The molecule has 0 saturated carbocycles. The third-order valence-electron chi connectivity index (χ3n) is 11.0. The zero-order valence-electron chi connectivity index (χ0n) is 29.7. The smallest absolute Gasteiger partial charge is 0.259 e. The zero-order valence-corrected chi connectivity index (χ0v) is 31.6. The van der Waals surface area contributed by atoms with Gasteiger partial charge in [-0.05, 0) is 25.3 Å². The van der Waals surface area contributed by atoms with E-state index in [1.807, 2.05) is 4.57 Å². The molecule has 272 valence electrons. The normalized spacial score (nSPS) is 28.3. The molecule has 4 fully saturated rings. The molecule has 2 aromatic carbocycles. The number of carbonyl (C=O) groups is 1. The standard InChI is InChI=1S/C37H44N7O6PSi/c1-4-29(45)40-36-41-33-30(34(42-36)46-21-13-19-38)39-24-43(33)35-31-32(37(5-2,48-35)23-47-31)50-51-44-20-12-18-27(44)28(49-51)22-52(3,25-14-8-6-9-15-25)26-16-10-7-11-17-26/h6-11,14-17,24,27-28,31-32,35H,4-5,12-13,18,20-23H2,1-3H3,(H,40,41,42,45)/t27-,28+,31?,32-,35-,37+,51+/m1/s1. The molecule has 1 amide bonds. The van der Waals surface area contributed by atoms with Crippen LogP contribution in [-0.4, -0.2) is 87.9 Å². The van der Waals surface area contributed by atoms with Crippen molar-refractivity contribution < 1.29 is 28.1 Å². The first-order valence-electron chi connectivity index (χ1n) is 18.2. The van der Waals surface area contributed by atoms with Crippen LogP contribution in [0.3, 0.4) is 0 Å². The summed E-state index contributed by atoms with van der Waals surface area (Å²) in [5.74, 6) is 0.0350. The maximum atomic E-state index is 12.3. The largest absolute Gasteiger partial charge is 0.475 e. The average Bonchev–Trinajstić information content (AvgIpc) is 4.01. The van der Waals surface area contributed by atoms with Crippen LogP contribution in [0.4, 0.5) is 5.95 Å². The van der Waals surface area contributed by atoms with E-state index in [4.69, 9.17) is 28.5 Å². The Morgan fingerprint density at radius 1 is 1.13 bits per heavy atom. The van der Waals surface area contributed by atoms with E-state index in [9.17, 15) is 4.79 Å². The van der Waals surface area contributed by atoms with Gasteiger partial charge in [-0.1, -0.05) is 91.4 Å². The fourth-order valence-electron chi connectivity index (χ4n) is 8.12. The highest BCUT2D eigenvalue weighted by Gasteiger charge is 2.64. The number of imidazole rings is 1. The molecule has 4 aliphatic heterocycles. The third kappa shape index (κ3) is 6.22. The van der Waals surface area contributed by atoms with Crippen molar-refractivity contribution in [3.8, 4) is 11.9 Å². The van der Waals surface area contributed by atoms with Crippen LogP contribution in [0, 0.1) is 11.3 Å². The molecule has 8 rings (SSSR count). The molecule has 1 unspecified atom stereocenters. The molecule has 52 heavy (non-hydrogen) atoms. The third-order valence-corrected chi connectivity index (χ3v) is 17.2. The van der Waals surface area contributed by atoms with E-state index in [1.54, 1.807) is 13.3 Å². The summed E-state index contributed by atoms with van der Waals surface area (Å²) >= 11 is 0. The van der Waals surface area contributed by atoms with E-state index >= 15 is 0 Å². The lowest BCUT2D eigenvalue weighted by molar-refractivity contribution is -0.172. The van der Waals surface area contributed by atoms with Crippen molar-refractivity contribution in [1.82, 2.24) is 24.2 Å². The van der Waals surface area contributed by atoms with E-state index in [1.165, 1.54) is 10.4 Å². The number of hydrogen-bond donors (Lipinski definition) is 1. The minimum absolute atomic E-state index is 0.0467. The molecule has 0 radical (unpaired) electrons. The Hall–Kier alpha value is -3.80. The molecule has 4 aromatic rings. The maximum Gasteiger partial charge on any atom is 0.259 e. The van der Waals surface area contributed by atoms with Gasteiger partial charge in [-0.2, -0.15) is 15.2 Å². The number of amides is 1. The summed E-state index contributed by atoms with van der Waals surface area (Å²) in [6.07, 6.45) is 3.55. The number of nitriles is 1. The molecular weight excluding hydrogens is 698 g/mol. The van der Waals surface area contributed by atoms with Gasteiger partial charge < -0.3 is 23.3 Å². The molecule has 2 aromatic heterocycles. The number of hydrogen-bond acceptors (Lipinski definition) is 11. The first-order valence-corrected chi connectivity index (χ1v) is 22.1. The molecule has 13 nitrogen and oxygen atoms in total. The molecular formula is C37H44N7O6PSi. The van der Waals surface area contributed by atoms with E-state index in [2.05, 4.69) is 105 Å². The number of nitrogens with one attached hydrogen (secondary N) is 1. The second-order valence-electron chi connectivity index (χ2n) is 14.1. The van der Waals surface area contributed by atoms with Gasteiger partial charge in [0.25, 0.3) is 8.53 Å². The van der Waals surface area contributed by atoms with Gasteiger partial charge in [0.1, 0.15) is 32.5 Å². The molecule has 0 aliphatic carbocycles. The topological polar surface area (TPSA) is 146 Å². The van der Waals surface area contributed by atoms with Crippen LogP contribution in [0.5, 0.6) is 5.88 Å². The van der Waals surface area contributed by atoms with Gasteiger partial charge in [0.2, 0.25) is 17.7 Å². The van der Waals surface area contributed by atoms with Crippen molar-refractivity contribution in [2.75, 3.05) is 25.1 Å². The van der Waals surface area contributed by atoms with Crippen molar-refractivity contribution in [3.63, 3.8) is 0 Å². The van der Waals surface area contributed by atoms with Gasteiger partial charge in [-0.15, -0.1) is 0 Å². The Kier molecular flexibility index (Phi) is 9.86. The van der Waals surface area contributed by atoms with Crippen LogP contribution in [0.15, 0.2) is 67.0 Å². The summed E-state index contributed by atoms with van der Waals surface area (Å²) in [6.45, 7) is 7.78. The molecule has 1 N–H and O–H groups in total. The number of nitrogens with zero attached hydrogens (tertiary/aromatic N) is 6. The molecule has 6 heterocycles. The first kappa shape index (κ1) is 35.2. The molecule has 4 saturated heterocycles. The van der Waals surface area contributed by atoms with Gasteiger partial charge in [0.05, 0.1) is 31.5 Å². The molecule has 4 aliphatic rings. The predicted molar refractivity (Wildman–Crippen MR) is 198 cm³/mol. The Morgan fingerprint density at radius 2 is 1.88 bits per heavy atom. The number of benzene rings is 2. The van der Waals surface area contributed by atoms with Crippen LogP contribution in [0.1, 0.15) is 52.2 Å². The SMILES string of the molecule is CCC(=O)Nc1nc(OCCC#N)c2ncn([C@@H]3O[C@@]4(CC)COC3[C@H]4O[P@]3O[C@@H](C[Si](C)(c4ccccc4)c4ccccc4)[C@H]4CCCN43)c2n1. The highest BCUT2D eigenvalue weighted by molar-refractivity contribution is 7.45. The minimum atomic E-state index is -2.16. The second kappa shape index (κ2) is 14.6. The lowest BCUT2D eigenvalue weighted by atomic mass is 9.96. The van der Waals surface area contributed by atoms with Crippen molar-refractivity contribution in [3.05, 3.63) is 67.0 Å². The van der Waals surface area contributed by atoms with Gasteiger partial charge in [0.15, 0.2) is 17.4 Å². The quantitative estimate of drug-likeness (QED) is 0.113. The molecule has 7 atom stereocenters. The van der Waals surface area contributed by atoms with Crippen molar-refractivity contribution in [1.29, 1.82) is 5.26 Å². The van der Waals surface area contributed by atoms with Gasteiger partial charge in [-0.3, -0.25) is 14.7 Å². The van der Waals surface area contributed by atoms with Crippen LogP contribution in [0.25, 0.3) is 11.2 Å². The molecule has 15 heteroatoms. The van der Waals surface area contributed by atoms with Crippen molar-refractivity contribution >= 4 is 50.0 Å². The van der Waals surface area contributed by atoms with Crippen LogP contribution >= 0.6 is 8.53 Å².